The van der Waals surface area contributed by atoms with Crippen LogP contribution in [-0.2, 0) is 0 Å². The Balaban J connectivity index is 1.78. The Morgan fingerprint density at radius 2 is 2.10 bits per heavy atom. The van der Waals surface area contributed by atoms with E-state index >= 15 is 0 Å². The molecule has 0 spiro atoms. The Hall–Kier alpha value is -1.92. The van der Waals surface area contributed by atoms with Crippen LogP contribution in [0.3, 0.4) is 0 Å². The van der Waals surface area contributed by atoms with E-state index in [4.69, 9.17) is 0 Å². The third-order valence-corrected chi connectivity index (χ3v) is 4.92. The van der Waals surface area contributed by atoms with Crippen molar-refractivity contribution >= 4 is 43.9 Å². The summed E-state index contributed by atoms with van der Waals surface area (Å²) in [6.45, 7) is 4.13. The van der Waals surface area contributed by atoms with Gasteiger partial charge in [-0.3, -0.25) is 15.6 Å². The normalized spacial score (nSPS) is 10.7. The van der Waals surface area contributed by atoms with Gasteiger partial charge in [0.2, 0.25) is 5.13 Å². The first-order valence-corrected chi connectivity index (χ1v) is 7.81. The second kappa shape index (κ2) is 5.22. The molecule has 0 unspecified atom stereocenters. The van der Waals surface area contributed by atoms with E-state index in [1.807, 2.05) is 11.4 Å². The fraction of sp³-hybridized carbons (Fsp3) is 0.143. The molecule has 2 heterocycles. The summed E-state index contributed by atoms with van der Waals surface area (Å²) in [6.07, 6.45) is 0. The Bertz CT molecular complexity index is 762. The number of amides is 1. The van der Waals surface area contributed by atoms with Gasteiger partial charge in [-0.25, -0.2) is 4.98 Å². The molecule has 0 saturated carbocycles. The second-order valence-corrected chi connectivity index (χ2v) is 6.41. The van der Waals surface area contributed by atoms with E-state index in [9.17, 15) is 4.79 Å². The highest BCUT2D eigenvalue weighted by molar-refractivity contribution is 7.22. The molecular formula is C14H13N3OS2. The number of hydrogen-bond donors (Lipinski definition) is 2. The summed E-state index contributed by atoms with van der Waals surface area (Å²) in [5.74, 6) is -0.146. The van der Waals surface area contributed by atoms with Crippen molar-refractivity contribution in [3.63, 3.8) is 0 Å². The van der Waals surface area contributed by atoms with Crippen LogP contribution in [0, 0.1) is 13.8 Å². The SMILES string of the molecule is Cc1ccc2sc(NNC(=O)c3cccs3)nc2c1C. The lowest BCUT2D eigenvalue weighted by Gasteiger charge is -2.02. The number of thiazole rings is 1. The van der Waals surface area contributed by atoms with Crippen LogP contribution >= 0.6 is 22.7 Å². The Kier molecular flexibility index (Phi) is 3.42. The first-order chi connectivity index (χ1) is 9.65. The molecule has 6 heteroatoms. The van der Waals surface area contributed by atoms with Gasteiger partial charge >= 0.3 is 0 Å². The molecule has 1 aromatic carbocycles. The minimum atomic E-state index is -0.146. The maximum atomic E-state index is 11.8. The highest BCUT2D eigenvalue weighted by Crippen LogP contribution is 2.29. The third kappa shape index (κ3) is 2.39. The zero-order chi connectivity index (χ0) is 14.1. The standard InChI is InChI=1S/C14H13N3OS2/c1-8-5-6-10-12(9(8)2)15-14(20-10)17-16-13(18)11-4-3-7-19-11/h3-7H,1-2H3,(H,15,17)(H,16,18). The van der Waals surface area contributed by atoms with Crippen molar-refractivity contribution in [2.24, 2.45) is 0 Å². The Morgan fingerprint density at radius 1 is 1.25 bits per heavy atom. The Labute approximate surface area is 124 Å². The van der Waals surface area contributed by atoms with Gasteiger partial charge in [-0.2, -0.15) is 0 Å². The number of thiophene rings is 1. The average molecular weight is 303 g/mol. The molecule has 20 heavy (non-hydrogen) atoms. The maximum absolute atomic E-state index is 11.8. The monoisotopic (exact) mass is 303 g/mol. The molecule has 1 amide bonds. The largest absolute Gasteiger partial charge is 0.279 e. The van der Waals surface area contributed by atoms with Crippen LogP contribution in [0.25, 0.3) is 10.2 Å². The summed E-state index contributed by atoms with van der Waals surface area (Å²) in [4.78, 5) is 17.0. The molecule has 0 radical (unpaired) electrons. The van der Waals surface area contributed by atoms with Crippen molar-refractivity contribution in [1.29, 1.82) is 0 Å². The van der Waals surface area contributed by atoms with Gasteiger partial charge in [0.05, 0.1) is 15.1 Å². The number of benzene rings is 1. The van der Waals surface area contributed by atoms with Crippen LogP contribution < -0.4 is 10.9 Å². The summed E-state index contributed by atoms with van der Waals surface area (Å²) in [6, 6.07) is 7.78. The number of carbonyl (C=O) groups is 1. The van der Waals surface area contributed by atoms with Gasteiger partial charge in [-0.05, 0) is 42.5 Å². The number of aryl methyl sites for hydroxylation is 2. The molecule has 2 aromatic heterocycles. The quantitative estimate of drug-likeness (QED) is 0.725. The molecule has 3 aromatic rings. The lowest BCUT2D eigenvalue weighted by molar-refractivity contribution is 0.0966. The molecule has 0 aliphatic rings. The van der Waals surface area contributed by atoms with Crippen LogP contribution in [0.15, 0.2) is 29.6 Å². The van der Waals surface area contributed by atoms with E-state index in [0.29, 0.717) is 10.0 Å². The maximum Gasteiger partial charge on any atom is 0.279 e. The van der Waals surface area contributed by atoms with E-state index in [2.05, 4.69) is 41.8 Å². The highest BCUT2D eigenvalue weighted by Gasteiger charge is 2.09. The fourth-order valence-electron chi connectivity index (χ4n) is 1.86. The van der Waals surface area contributed by atoms with Gasteiger partial charge < -0.3 is 0 Å². The molecule has 102 valence electrons. The van der Waals surface area contributed by atoms with Gasteiger partial charge in [0.1, 0.15) is 0 Å². The molecular weight excluding hydrogens is 290 g/mol. The second-order valence-electron chi connectivity index (χ2n) is 4.43. The topological polar surface area (TPSA) is 54.0 Å². The summed E-state index contributed by atoms with van der Waals surface area (Å²) in [5.41, 5.74) is 8.93. The zero-order valence-electron chi connectivity index (χ0n) is 11.1. The van der Waals surface area contributed by atoms with Crippen molar-refractivity contribution in [2.75, 3.05) is 5.43 Å². The lowest BCUT2D eigenvalue weighted by atomic mass is 10.1. The molecule has 0 fully saturated rings. The van der Waals surface area contributed by atoms with E-state index in [1.54, 1.807) is 6.07 Å². The number of aromatic nitrogens is 1. The zero-order valence-corrected chi connectivity index (χ0v) is 12.7. The van der Waals surface area contributed by atoms with Crippen molar-refractivity contribution in [3.8, 4) is 0 Å². The van der Waals surface area contributed by atoms with Gasteiger partial charge in [0, 0.05) is 0 Å². The van der Waals surface area contributed by atoms with E-state index in [-0.39, 0.29) is 5.91 Å². The number of carbonyl (C=O) groups excluding carboxylic acids is 1. The van der Waals surface area contributed by atoms with Crippen LogP contribution in [0.2, 0.25) is 0 Å². The first kappa shape index (κ1) is 13.1. The highest BCUT2D eigenvalue weighted by atomic mass is 32.1. The number of nitrogens with zero attached hydrogens (tertiary/aromatic N) is 1. The van der Waals surface area contributed by atoms with Crippen LogP contribution in [0.4, 0.5) is 5.13 Å². The fourth-order valence-corrected chi connectivity index (χ4v) is 3.36. The van der Waals surface area contributed by atoms with Crippen molar-refractivity contribution in [2.45, 2.75) is 13.8 Å². The van der Waals surface area contributed by atoms with Gasteiger partial charge in [0.15, 0.2) is 0 Å². The molecule has 0 saturated heterocycles. The van der Waals surface area contributed by atoms with E-state index < -0.39 is 0 Å². The van der Waals surface area contributed by atoms with Gasteiger partial charge in [0.25, 0.3) is 5.91 Å². The molecule has 0 aliphatic carbocycles. The minimum absolute atomic E-state index is 0.146. The molecule has 4 nitrogen and oxygen atoms in total. The number of nitrogens with one attached hydrogen (secondary N) is 2. The Morgan fingerprint density at radius 3 is 2.85 bits per heavy atom. The summed E-state index contributed by atoms with van der Waals surface area (Å²) < 4.78 is 1.11. The van der Waals surface area contributed by atoms with Crippen molar-refractivity contribution in [3.05, 3.63) is 45.6 Å². The number of anilines is 1. The number of hydrazine groups is 1. The van der Waals surface area contributed by atoms with E-state index in [0.717, 1.165) is 10.2 Å². The van der Waals surface area contributed by atoms with Crippen molar-refractivity contribution < 1.29 is 4.79 Å². The average Bonchev–Trinajstić information content (AvgIpc) is 3.09. The van der Waals surface area contributed by atoms with Crippen LogP contribution in [-0.4, -0.2) is 10.9 Å². The smallest absolute Gasteiger partial charge is 0.273 e. The molecule has 0 atom stereocenters. The summed E-state index contributed by atoms with van der Waals surface area (Å²) >= 11 is 2.93. The molecule has 0 bridgehead atoms. The predicted molar refractivity (Wildman–Crippen MR) is 84.5 cm³/mol. The van der Waals surface area contributed by atoms with Crippen molar-refractivity contribution in [1.82, 2.24) is 10.4 Å². The number of hydrogen-bond acceptors (Lipinski definition) is 5. The summed E-state index contributed by atoms with van der Waals surface area (Å²) in [5, 5.41) is 2.57. The summed E-state index contributed by atoms with van der Waals surface area (Å²) in [7, 11) is 0. The predicted octanol–water partition coefficient (Wildman–Crippen LogP) is 3.73. The molecule has 2 N–H and O–H groups in total. The minimum Gasteiger partial charge on any atom is -0.273 e. The van der Waals surface area contributed by atoms with E-state index in [1.165, 1.54) is 33.8 Å². The lowest BCUT2D eigenvalue weighted by Crippen LogP contribution is -2.28. The number of fused-ring (bicyclic) bond motifs is 1. The van der Waals surface area contributed by atoms with Gasteiger partial charge in [-0.1, -0.05) is 23.5 Å². The van der Waals surface area contributed by atoms with Crippen LogP contribution in [0.5, 0.6) is 0 Å². The molecule has 3 rings (SSSR count). The van der Waals surface area contributed by atoms with Crippen LogP contribution in [0.1, 0.15) is 20.8 Å². The first-order valence-electron chi connectivity index (χ1n) is 6.12. The third-order valence-electron chi connectivity index (χ3n) is 3.11. The van der Waals surface area contributed by atoms with Gasteiger partial charge in [-0.15, -0.1) is 11.3 Å². The molecule has 0 aliphatic heterocycles. The number of rotatable bonds is 3.